The molecule has 0 spiro atoms. The normalized spacial score (nSPS) is 17.6. The van der Waals surface area contributed by atoms with Crippen molar-refractivity contribution >= 4 is 0 Å². The van der Waals surface area contributed by atoms with E-state index in [0.717, 1.165) is 18.2 Å². The van der Waals surface area contributed by atoms with Crippen LogP contribution >= 0.6 is 0 Å². The zero-order valence-corrected chi connectivity index (χ0v) is 11.0. The summed E-state index contributed by atoms with van der Waals surface area (Å²) in [6, 6.07) is 0.894. The molecule has 96 valence electrons. The van der Waals surface area contributed by atoms with Crippen LogP contribution in [0.15, 0.2) is 12.4 Å². The third-order valence-corrected chi connectivity index (χ3v) is 3.45. The van der Waals surface area contributed by atoms with E-state index in [0.29, 0.717) is 0 Å². The molecule has 1 saturated carbocycles. The molecule has 1 fully saturated rings. The molecular weight excluding hydrogens is 212 g/mol. The molecule has 4 nitrogen and oxygen atoms in total. The Morgan fingerprint density at radius 1 is 1.59 bits per heavy atom. The first-order valence-corrected chi connectivity index (χ1v) is 6.69. The lowest BCUT2D eigenvalue weighted by Gasteiger charge is -2.24. The van der Waals surface area contributed by atoms with E-state index in [9.17, 15) is 0 Å². The van der Waals surface area contributed by atoms with Crippen LogP contribution in [0.25, 0.3) is 0 Å². The average molecular weight is 236 g/mol. The Bertz CT molecular complexity index is 343. The molecular formula is C13H24N4. The number of nitrogens with two attached hydrogens (primary N) is 1. The summed E-state index contributed by atoms with van der Waals surface area (Å²) in [6.07, 6.45) is 9.14. The minimum atomic E-state index is 0.0983. The summed E-state index contributed by atoms with van der Waals surface area (Å²) < 4.78 is 1.82. The molecule has 1 atom stereocenters. The summed E-state index contributed by atoms with van der Waals surface area (Å²) in [7, 11) is 1.94. The van der Waals surface area contributed by atoms with Gasteiger partial charge in [-0.1, -0.05) is 13.3 Å². The van der Waals surface area contributed by atoms with Crippen LogP contribution in [0.1, 0.15) is 44.2 Å². The van der Waals surface area contributed by atoms with E-state index in [1.165, 1.54) is 32.2 Å². The van der Waals surface area contributed by atoms with Crippen molar-refractivity contribution in [3.05, 3.63) is 18.0 Å². The van der Waals surface area contributed by atoms with Crippen molar-refractivity contribution in [2.24, 2.45) is 12.8 Å². The van der Waals surface area contributed by atoms with E-state index >= 15 is 0 Å². The van der Waals surface area contributed by atoms with Gasteiger partial charge in [0.05, 0.1) is 6.20 Å². The Morgan fingerprint density at radius 2 is 2.35 bits per heavy atom. The van der Waals surface area contributed by atoms with Gasteiger partial charge in [0.15, 0.2) is 0 Å². The molecule has 1 aliphatic carbocycles. The molecule has 0 bridgehead atoms. The Morgan fingerprint density at radius 3 is 2.88 bits per heavy atom. The Kier molecular flexibility index (Phi) is 4.18. The predicted octanol–water partition coefficient (Wildman–Crippen LogP) is 1.68. The van der Waals surface area contributed by atoms with Gasteiger partial charge in [-0.25, -0.2) is 0 Å². The lowest BCUT2D eigenvalue weighted by atomic mass is 10.1. The third kappa shape index (κ3) is 3.54. The van der Waals surface area contributed by atoms with Crippen molar-refractivity contribution in [3.63, 3.8) is 0 Å². The van der Waals surface area contributed by atoms with Gasteiger partial charge in [0.25, 0.3) is 0 Å². The van der Waals surface area contributed by atoms with Crippen LogP contribution in [0, 0.1) is 0 Å². The third-order valence-electron chi connectivity index (χ3n) is 3.45. The summed E-state index contributed by atoms with van der Waals surface area (Å²) in [6.45, 7) is 4.40. The number of hydrogen-bond acceptors (Lipinski definition) is 3. The molecule has 2 rings (SSSR count). The van der Waals surface area contributed by atoms with E-state index in [2.05, 4.69) is 16.9 Å². The maximum Gasteiger partial charge on any atom is 0.0537 e. The molecule has 0 radical (unpaired) electrons. The molecule has 0 aliphatic heterocycles. The van der Waals surface area contributed by atoms with E-state index in [1.54, 1.807) is 0 Å². The lowest BCUT2D eigenvalue weighted by molar-refractivity contribution is 0.243. The fraction of sp³-hybridized carbons (Fsp3) is 0.769. The largest absolute Gasteiger partial charge is 0.323 e. The minimum Gasteiger partial charge on any atom is -0.323 e. The summed E-state index contributed by atoms with van der Waals surface area (Å²) >= 11 is 0. The van der Waals surface area contributed by atoms with Gasteiger partial charge < -0.3 is 5.73 Å². The quantitative estimate of drug-likeness (QED) is 0.783. The summed E-state index contributed by atoms with van der Waals surface area (Å²) in [5.41, 5.74) is 7.40. The molecule has 1 aliphatic rings. The smallest absolute Gasteiger partial charge is 0.0537 e. The second kappa shape index (κ2) is 5.65. The number of aryl methyl sites for hydroxylation is 1. The number of rotatable bonds is 7. The molecule has 1 unspecified atom stereocenters. The van der Waals surface area contributed by atoms with Gasteiger partial charge in [-0.15, -0.1) is 0 Å². The Hall–Kier alpha value is -0.870. The highest BCUT2D eigenvalue weighted by atomic mass is 15.2. The van der Waals surface area contributed by atoms with Gasteiger partial charge in [0, 0.05) is 37.4 Å². The topological polar surface area (TPSA) is 47.1 Å². The molecule has 0 saturated heterocycles. The highest BCUT2D eigenvalue weighted by molar-refractivity contribution is 5.10. The van der Waals surface area contributed by atoms with Crippen LogP contribution in [0.5, 0.6) is 0 Å². The van der Waals surface area contributed by atoms with Gasteiger partial charge >= 0.3 is 0 Å². The second-order valence-corrected chi connectivity index (χ2v) is 5.13. The zero-order chi connectivity index (χ0) is 12.3. The first-order valence-electron chi connectivity index (χ1n) is 6.69. The molecule has 0 aromatic carbocycles. The molecule has 2 N–H and O–H groups in total. The number of nitrogens with zero attached hydrogens (tertiary/aromatic N) is 3. The van der Waals surface area contributed by atoms with Crippen LogP contribution in [-0.2, 0) is 7.05 Å². The summed E-state index contributed by atoms with van der Waals surface area (Å²) in [4.78, 5) is 2.56. The fourth-order valence-corrected chi connectivity index (χ4v) is 2.21. The van der Waals surface area contributed by atoms with Crippen LogP contribution < -0.4 is 5.73 Å². The second-order valence-electron chi connectivity index (χ2n) is 5.13. The minimum absolute atomic E-state index is 0.0983. The standard InChI is InChI=1S/C13H24N4/c1-3-4-7-17(12-5-6-12)10-13(14)11-8-15-16(2)9-11/h8-9,12-13H,3-7,10,14H2,1-2H3. The number of hydrogen-bond donors (Lipinski definition) is 1. The SMILES string of the molecule is CCCCN(CC(N)c1cnn(C)c1)C1CC1. The summed E-state index contributed by atoms with van der Waals surface area (Å²) in [5, 5.41) is 4.19. The van der Waals surface area contributed by atoms with E-state index in [-0.39, 0.29) is 6.04 Å². The van der Waals surface area contributed by atoms with Crippen LogP contribution in [0.4, 0.5) is 0 Å². The number of aromatic nitrogens is 2. The first kappa shape index (κ1) is 12.6. The van der Waals surface area contributed by atoms with Crippen LogP contribution in [-0.4, -0.2) is 33.8 Å². The Labute approximate surface area is 104 Å². The monoisotopic (exact) mass is 236 g/mol. The molecule has 1 aromatic heterocycles. The highest BCUT2D eigenvalue weighted by Crippen LogP contribution is 2.28. The van der Waals surface area contributed by atoms with Crippen molar-refractivity contribution in [1.82, 2.24) is 14.7 Å². The van der Waals surface area contributed by atoms with Crippen molar-refractivity contribution in [2.45, 2.75) is 44.7 Å². The van der Waals surface area contributed by atoms with Crippen LogP contribution in [0.2, 0.25) is 0 Å². The van der Waals surface area contributed by atoms with Gasteiger partial charge in [-0.05, 0) is 25.8 Å². The number of unbranched alkanes of at least 4 members (excludes halogenated alkanes) is 1. The van der Waals surface area contributed by atoms with E-state index in [1.807, 2.05) is 24.1 Å². The molecule has 17 heavy (non-hydrogen) atoms. The van der Waals surface area contributed by atoms with Gasteiger partial charge in [0.2, 0.25) is 0 Å². The summed E-state index contributed by atoms with van der Waals surface area (Å²) in [5.74, 6) is 0. The fourth-order valence-electron chi connectivity index (χ4n) is 2.21. The van der Waals surface area contributed by atoms with Gasteiger partial charge in [-0.2, -0.15) is 5.10 Å². The van der Waals surface area contributed by atoms with Gasteiger partial charge in [0.1, 0.15) is 0 Å². The first-order chi connectivity index (χ1) is 8.20. The van der Waals surface area contributed by atoms with E-state index < -0.39 is 0 Å². The van der Waals surface area contributed by atoms with Crippen molar-refractivity contribution in [2.75, 3.05) is 13.1 Å². The average Bonchev–Trinajstić information content (AvgIpc) is 3.06. The maximum atomic E-state index is 6.25. The van der Waals surface area contributed by atoms with Gasteiger partial charge in [-0.3, -0.25) is 9.58 Å². The highest BCUT2D eigenvalue weighted by Gasteiger charge is 2.29. The van der Waals surface area contributed by atoms with Crippen molar-refractivity contribution < 1.29 is 0 Å². The molecule has 1 heterocycles. The van der Waals surface area contributed by atoms with Crippen molar-refractivity contribution in [1.29, 1.82) is 0 Å². The lowest BCUT2D eigenvalue weighted by Crippen LogP contribution is -2.34. The molecule has 4 heteroatoms. The predicted molar refractivity (Wildman–Crippen MR) is 69.6 cm³/mol. The molecule has 0 amide bonds. The van der Waals surface area contributed by atoms with Crippen LogP contribution in [0.3, 0.4) is 0 Å². The zero-order valence-electron chi connectivity index (χ0n) is 11.0. The van der Waals surface area contributed by atoms with Crippen molar-refractivity contribution in [3.8, 4) is 0 Å². The molecule has 1 aromatic rings. The Balaban J connectivity index is 1.88. The maximum absolute atomic E-state index is 6.25. The van der Waals surface area contributed by atoms with E-state index in [4.69, 9.17) is 5.73 Å².